The SMILES string of the molecule is O=C(O)COCC(=O)N1C[C@@H]2C[C@H](C1)c1ccc(NC(=O)Nc3ccccc3)c(=O)n1C2. The molecule has 4 rings (SSSR count). The normalized spacial score (nSPS) is 19.1. The lowest BCUT2D eigenvalue weighted by molar-refractivity contribution is -0.146. The summed E-state index contributed by atoms with van der Waals surface area (Å²) in [6.07, 6.45) is 0.862. The monoisotopic (exact) mass is 440 g/mol. The number of hydrogen-bond donors (Lipinski definition) is 3. The van der Waals surface area contributed by atoms with Gasteiger partial charge in [-0.1, -0.05) is 18.2 Å². The molecule has 10 nitrogen and oxygen atoms in total. The van der Waals surface area contributed by atoms with E-state index in [1.54, 1.807) is 39.8 Å². The number of aliphatic carboxylic acids is 1. The second kappa shape index (κ2) is 9.23. The van der Waals surface area contributed by atoms with Crippen LogP contribution in [0.4, 0.5) is 16.2 Å². The predicted molar refractivity (Wildman–Crippen MR) is 116 cm³/mol. The van der Waals surface area contributed by atoms with Gasteiger partial charge < -0.3 is 29.9 Å². The van der Waals surface area contributed by atoms with Crippen molar-refractivity contribution in [2.75, 3.05) is 36.9 Å². The molecule has 2 bridgehead atoms. The predicted octanol–water partition coefficient (Wildman–Crippen LogP) is 1.54. The lowest BCUT2D eigenvalue weighted by Crippen LogP contribution is -2.50. The van der Waals surface area contributed by atoms with Crippen LogP contribution in [0.25, 0.3) is 0 Å². The van der Waals surface area contributed by atoms with Crippen molar-refractivity contribution in [3.63, 3.8) is 0 Å². The molecule has 3 N–H and O–H groups in total. The first-order valence-electron chi connectivity index (χ1n) is 10.3. The number of benzene rings is 1. The van der Waals surface area contributed by atoms with Crippen molar-refractivity contribution < 1.29 is 24.2 Å². The Labute approximate surface area is 183 Å². The highest BCUT2D eigenvalue weighted by Gasteiger charge is 2.36. The number of carbonyl (C=O) groups excluding carboxylic acids is 2. The number of carboxylic acids is 1. The molecule has 0 radical (unpaired) electrons. The van der Waals surface area contributed by atoms with Crippen molar-refractivity contribution in [2.24, 2.45) is 5.92 Å². The Balaban J connectivity index is 1.44. The number of hydrogen-bond acceptors (Lipinski definition) is 5. The van der Waals surface area contributed by atoms with Crippen LogP contribution in [0.15, 0.2) is 47.3 Å². The van der Waals surface area contributed by atoms with E-state index in [9.17, 15) is 19.2 Å². The molecule has 0 spiro atoms. The van der Waals surface area contributed by atoms with Gasteiger partial charge in [0.15, 0.2) is 0 Å². The molecule has 2 aliphatic heterocycles. The highest BCUT2D eigenvalue weighted by Crippen LogP contribution is 2.35. The number of aromatic nitrogens is 1. The first kappa shape index (κ1) is 21.6. The molecular formula is C22H24N4O6. The molecule has 0 aliphatic carbocycles. The van der Waals surface area contributed by atoms with Gasteiger partial charge in [-0.3, -0.25) is 9.59 Å². The molecule has 3 amide bonds. The number of rotatable bonds is 6. The summed E-state index contributed by atoms with van der Waals surface area (Å²) in [5, 5.41) is 14.0. The van der Waals surface area contributed by atoms with Crippen LogP contribution in [-0.4, -0.2) is 58.8 Å². The van der Waals surface area contributed by atoms with Crippen LogP contribution in [0.2, 0.25) is 0 Å². The summed E-state index contributed by atoms with van der Waals surface area (Å²) in [6, 6.07) is 11.9. The van der Waals surface area contributed by atoms with E-state index in [1.807, 2.05) is 12.1 Å². The third-order valence-electron chi connectivity index (χ3n) is 5.69. The number of amides is 3. The highest BCUT2D eigenvalue weighted by atomic mass is 16.5. The number of nitrogens with one attached hydrogen (secondary N) is 2. The lowest BCUT2D eigenvalue weighted by Gasteiger charge is -2.42. The topological polar surface area (TPSA) is 130 Å². The summed E-state index contributed by atoms with van der Waals surface area (Å²) < 4.78 is 6.60. The first-order chi connectivity index (χ1) is 15.4. The molecule has 0 saturated carbocycles. The van der Waals surface area contributed by atoms with Crippen molar-refractivity contribution in [3.8, 4) is 0 Å². The van der Waals surface area contributed by atoms with Crippen LogP contribution in [0.5, 0.6) is 0 Å². The molecular weight excluding hydrogens is 416 g/mol. The van der Waals surface area contributed by atoms with E-state index >= 15 is 0 Å². The van der Waals surface area contributed by atoms with Gasteiger partial charge in [0, 0.05) is 36.9 Å². The average Bonchev–Trinajstić information content (AvgIpc) is 2.76. The van der Waals surface area contributed by atoms with Crippen LogP contribution in [0.3, 0.4) is 0 Å². The molecule has 2 aromatic rings. The quantitative estimate of drug-likeness (QED) is 0.625. The fourth-order valence-corrected chi connectivity index (χ4v) is 4.37. The zero-order valence-electron chi connectivity index (χ0n) is 17.3. The number of nitrogens with zero attached hydrogens (tertiary/aromatic N) is 2. The van der Waals surface area contributed by atoms with Gasteiger partial charge in [0.1, 0.15) is 18.9 Å². The maximum absolute atomic E-state index is 13.0. The van der Waals surface area contributed by atoms with Gasteiger partial charge in [-0.15, -0.1) is 0 Å². The Morgan fingerprint density at radius 3 is 2.53 bits per heavy atom. The molecule has 32 heavy (non-hydrogen) atoms. The molecule has 168 valence electrons. The summed E-state index contributed by atoms with van der Waals surface area (Å²) in [6.45, 7) is 0.562. The summed E-state index contributed by atoms with van der Waals surface area (Å²) in [5.41, 5.74) is 1.36. The third kappa shape index (κ3) is 4.80. The van der Waals surface area contributed by atoms with Crippen molar-refractivity contribution in [1.82, 2.24) is 9.47 Å². The Hall–Kier alpha value is -3.66. The zero-order valence-corrected chi connectivity index (χ0v) is 17.3. The molecule has 2 atom stereocenters. The summed E-state index contributed by atoms with van der Waals surface area (Å²) in [4.78, 5) is 49.9. The second-order valence-electron chi connectivity index (χ2n) is 8.02. The van der Waals surface area contributed by atoms with Gasteiger partial charge in [0.25, 0.3) is 5.56 Å². The largest absolute Gasteiger partial charge is 0.480 e. The van der Waals surface area contributed by atoms with E-state index < -0.39 is 18.6 Å². The van der Waals surface area contributed by atoms with E-state index in [0.29, 0.717) is 25.3 Å². The molecule has 3 heterocycles. The van der Waals surface area contributed by atoms with Gasteiger partial charge in [-0.25, -0.2) is 9.59 Å². The number of ether oxygens (including phenoxy) is 1. The van der Waals surface area contributed by atoms with Gasteiger partial charge >= 0.3 is 12.0 Å². The first-order valence-corrected chi connectivity index (χ1v) is 10.3. The Morgan fingerprint density at radius 1 is 1.00 bits per heavy atom. The fourth-order valence-electron chi connectivity index (χ4n) is 4.37. The number of carboxylic acid groups (broad SMARTS) is 1. The number of fused-ring (bicyclic) bond motifs is 4. The molecule has 1 saturated heterocycles. The van der Waals surface area contributed by atoms with Crippen molar-refractivity contribution in [2.45, 2.75) is 18.9 Å². The number of anilines is 2. The molecule has 1 fully saturated rings. The van der Waals surface area contributed by atoms with Crippen molar-refractivity contribution >= 4 is 29.3 Å². The van der Waals surface area contributed by atoms with Crippen LogP contribution >= 0.6 is 0 Å². The Bertz CT molecular complexity index is 1080. The lowest BCUT2D eigenvalue weighted by atomic mass is 9.83. The van der Waals surface area contributed by atoms with Gasteiger partial charge in [-0.05, 0) is 36.6 Å². The maximum atomic E-state index is 13.0. The number of urea groups is 1. The number of piperidine rings is 1. The molecule has 1 aromatic heterocycles. The van der Waals surface area contributed by atoms with Gasteiger partial charge in [0.05, 0.1) is 0 Å². The second-order valence-corrected chi connectivity index (χ2v) is 8.02. The highest BCUT2D eigenvalue weighted by molar-refractivity contribution is 5.99. The minimum atomic E-state index is -1.12. The number of pyridine rings is 1. The summed E-state index contributed by atoms with van der Waals surface area (Å²) in [7, 11) is 0. The molecule has 10 heteroatoms. The van der Waals surface area contributed by atoms with Crippen molar-refractivity contribution in [3.05, 3.63) is 58.5 Å². The van der Waals surface area contributed by atoms with Crippen LogP contribution in [0, 0.1) is 5.92 Å². The van der Waals surface area contributed by atoms with E-state index in [-0.39, 0.29) is 35.6 Å². The fraction of sp³-hybridized carbons (Fsp3) is 0.364. The molecule has 0 unspecified atom stereocenters. The van der Waals surface area contributed by atoms with Gasteiger partial charge in [0.2, 0.25) is 5.91 Å². The Morgan fingerprint density at radius 2 is 1.78 bits per heavy atom. The maximum Gasteiger partial charge on any atom is 0.329 e. The molecule has 1 aromatic carbocycles. The van der Waals surface area contributed by atoms with E-state index in [1.165, 1.54) is 0 Å². The van der Waals surface area contributed by atoms with E-state index in [4.69, 9.17) is 9.84 Å². The minimum Gasteiger partial charge on any atom is -0.480 e. The van der Waals surface area contributed by atoms with E-state index in [2.05, 4.69) is 10.6 Å². The van der Waals surface area contributed by atoms with E-state index in [0.717, 1.165) is 12.1 Å². The number of para-hydroxylation sites is 1. The van der Waals surface area contributed by atoms with Crippen LogP contribution in [0.1, 0.15) is 18.0 Å². The van der Waals surface area contributed by atoms with Gasteiger partial charge in [-0.2, -0.15) is 0 Å². The van der Waals surface area contributed by atoms with Crippen molar-refractivity contribution in [1.29, 1.82) is 0 Å². The summed E-state index contributed by atoms with van der Waals surface area (Å²) >= 11 is 0. The third-order valence-corrected chi connectivity index (χ3v) is 5.69. The minimum absolute atomic E-state index is 0.00850. The van der Waals surface area contributed by atoms with Crippen LogP contribution < -0.4 is 16.2 Å². The standard InChI is InChI=1S/C22H24N4O6/c27-19(12-32-13-20(28)29)25-9-14-8-15(11-25)18-7-6-17(21(30)26(18)10-14)24-22(31)23-16-4-2-1-3-5-16/h1-7,14-15H,8-13H2,(H,28,29)(H2,23,24,31)/t14-,15+/m0/s1. The van der Waals surface area contributed by atoms with Crippen LogP contribution in [-0.2, 0) is 20.9 Å². The zero-order chi connectivity index (χ0) is 22.7. The number of likely N-dealkylation sites (tertiary alicyclic amines) is 1. The number of carbonyl (C=O) groups is 3. The summed E-state index contributed by atoms with van der Waals surface area (Å²) in [5.74, 6) is -1.29. The smallest absolute Gasteiger partial charge is 0.329 e. The Kier molecular flexibility index (Phi) is 6.22. The molecule has 2 aliphatic rings. The average molecular weight is 440 g/mol.